The van der Waals surface area contributed by atoms with Gasteiger partial charge in [0.05, 0.1) is 6.54 Å². The average Bonchev–Trinajstić information content (AvgIpc) is 3.04. The number of piperidine rings is 1. The lowest BCUT2D eigenvalue weighted by Crippen LogP contribution is -2.39. The third-order valence-corrected chi connectivity index (χ3v) is 4.56. The molecule has 0 saturated carbocycles. The van der Waals surface area contributed by atoms with Crippen molar-refractivity contribution in [3.63, 3.8) is 0 Å². The summed E-state index contributed by atoms with van der Waals surface area (Å²) in [5.41, 5.74) is 1.85. The zero-order valence-electron chi connectivity index (χ0n) is 14.1. The first-order valence-electron chi connectivity index (χ1n) is 8.51. The van der Waals surface area contributed by atoms with Gasteiger partial charge < -0.3 is 9.42 Å². The molecule has 0 N–H and O–H groups in total. The van der Waals surface area contributed by atoms with E-state index in [1.54, 1.807) is 6.20 Å². The Labute approximate surface area is 138 Å². The van der Waals surface area contributed by atoms with Crippen LogP contribution in [0.5, 0.6) is 0 Å². The number of nitrogens with zero attached hydrogens (tertiary/aromatic N) is 4. The van der Waals surface area contributed by atoms with E-state index in [1.807, 2.05) is 24.4 Å². The van der Waals surface area contributed by atoms with E-state index in [-0.39, 0.29) is 0 Å². The molecule has 0 radical (unpaired) electrons. The third-order valence-electron chi connectivity index (χ3n) is 4.56. The van der Waals surface area contributed by atoms with Gasteiger partial charge in [-0.15, -0.1) is 0 Å². The maximum atomic E-state index is 5.49. The van der Waals surface area contributed by atoms with Gasteiger partial charge in [0.25, 0.3) is 0 Å². The molecule has 0 amide bonds. The third kappa shape index (κ3) is 4.39. The van der Waals surface area contributed by atoms with Crippen LogP contribution in [0.1, 0.15) is 25.5 Å². The average molecular weight is 314 g/mol. The van der Waals surface area contributed by atoms with Crippen LogP contribution in [0.15, 0.2) is 35.1 Å². The van der Waals surface area contributed by atoms with Gasteiger partial charge in [-0.05, 0) is 51.0 Å². The smallest absolute Gasteiger partial charge is 0.151 e. The standard InChI is InChI=1S/C18H26N4O/c1-3-22-9-5-6-15(13-22)12-21(2)14-17-10-18(20-23-17)16-7-4-8-19-11-16/h4,7-8,10-11,15H,3,5-6,9,12-14H2,1-2H3/t15-/m0/s1. The van der Waals surface area contributed by atoms with Gasteiger partial charge in [-0.3, -0.25) is 9.88 Å². The summed E-state index contributed by atoms with van der Waals surface area (Å²) in [5.74, 6) is 1.67. The lowest BCUT2D eigenvalue weighted by Gasteiger charge is -2.33. The summed E-state index contributed by atoms with van der Waals surface area (Å²) in [5, 5.41) is 4.16. The molecule has 0 aliphatic carbocycles. The van der Waals surface area contributed by atoms with Crippen LogP contribution in [0, 0.1) is 5.92 Å². The highest BCUT2D eigenvalue weighted by atomic mass is 16.5. The molecule has 0 aromatic carbocycles. The van der Waals surface area contributed by atoms with Crippen molar-refractivity contribution in [2.24, 2.45) is 5.92 Å². The highest BCUT2D eigenvalue weighted by molar-refractivity contribution is 5.57. The number of aromatic nitrogens is 2. The first-order valence-corrected chi connectivity index (χ1v) is 8.51. The number of hydrogen-bond donors (Lipinski definition) is 0. The minimum absolute atomic E-state index is 0.759. The molecule has 23 heavy (non-hydrogen) atoms. The maximum absolute atomic E-state index is 5.49. The molecule has 124 valence electrons. The van der Waals surface area contributed by atoms with Crippen molar-refractivity contribution in [2.45, 2.75) is 26.3 Å². The van der Waals surface area contributed by atoms with Crippen LogP contribution in [0.2, 0.25) is 0 Å². The second kappa shape index (κ2) is 7.70. The first kappa shape index (κ1) is 16.1. The second-order valence-electron chi connectivity index (χ2n) is 6.52. The summed E-state index contributed by atoms with van der Waals surface area (Å²) in [6.07, 6.45) is 6.23. The molecule has 2 aromatic heterocycles. The van der Waals surface area contributed by atoms with E-state index < -0.39 is 0 Å². The Morgan fingerprint density at radius 1 is 1.43 bits per heavy atom. The summed E-state index contributed by atoms with van der Waals surface area (Å²) < 4.78 is 5.49. The van der Waals surface area contributed by atoms with Gasteiger partial charge in [-0.1, -0.05) is 12.1 Å². The highest BCUT2D eigenvalue weighted by Gasteiger charge is 2.20. The normalized spacial score (nSPS) is 19.3. The molecule has 1 fully saturated rings. The van der Waals surface area contributed by atoms with Crippen LogP contribution >= 0.6 is 0 Å². The Kier molecular flexibility index (Phi) is 5.41. The summed E-state index contributed by atoms with van der Waals surface area (Å²) in [4.78, 5) is 9.02. The summed E-state index contributed by atoms with van der Waals surface area (Å²) >= 11 is 0. The van der Waals surface area contributed by atoms with Crippen LogP contribution in [0.3, 0.4) is 0 Å². The molecule has 2 aromatic rings. The van der Waals surface area contributed by atoms with Gasteiger partial charge in [0, 0.05) is 37.1 Å². The molecular weight excluding hydrogens is 288 g/mol. The molecule has 1 saturated heterocycles. The predicted octanol–water partition coefficient (Wildman–Crippen LogP) is 2.90. The van der Waals surface area contributed by atoms with E-state index in [2.05, 4.69) is 33.9 Å². The maximum Gasteiger partial charge on any atom is 0.151 e. The highest BCUT2D eigenvalue weighted by Crippen LogP contribution is 2.20. The number of likely N-dealkylation sites (tertiary alicyclic amines) is 1. The largest absolute Gasteiger partial charge is 0.359 e. The van der Waals surface area contributed by atoms with Crippen molar-refractivity contribution in [3.8, 4) is 11.3 Å². The fourth-order valence-corrected chi connectivity index (χ4v) is 3.40. The minimum atomic E-state index is 0.759. The fraction of sp³-hybridized carbons (Fsp3) is 0.556. The molecule has 0 spiro atoms. The van der Waals surface area contributed by atoms with Gasteiger partial charge in [0.2, 0.25) is 0 Å². The van der Waals surface area contributed by atoms with Gasteiger partial charge in [-0.2, -0.15) is 0 Å². The van der Waals surface area contributed by atoms with Crippen molar-refractivity contribution in [3.05, 3.63) is 36.4 Å². The Bertz CT molecular complexity index is 598. The zero-order chi connectivity index (χ0) is 16.1. The van der Waals surface area contributed by atoms with E-state index >= 15 is 0 Å². The van der Waals surface area contributed by atoms with Gasteiger partial charge in [0.15, 0.2) is 5.76 Å². The Morgan fingerprint density at radius 3 is 3.13 bits per heavy atom. The molecule has 1 aliphatic rings. The Morgan fingerprint density at radius 2 is 2.35 bits per heavy atom. The summed E-state index contributed by atoms with van der Waals surface area (Å²) in [6, 6.07) is 5.94. The van der Waals surface area contributed by atoms with Crippen LogP contribution in [0.25, 0.3) is 11.3 Å². The molecule has 1 atom stereocenters. The van der Waals surface area contributed by atoms with E-state index in [4.69, 9.17) is 4.52 Å². The Balaban J connectivity index is 1.54. The number of rotatable bonds is 6. The van der Waals surface area contributed by atoms with E-state index in [1.165, 1.54) is 25.9 Å². The quantitative estimate of drug-likeness (QED) is 0.820. The minimum Gasteiger partial charge on any atom is -0.359 e. The summed E-state index contributed by atoms with van der Waals surface area (Å²) in [7, 11) is 2.16. The summed E-state index contributed by atoms with van der Waals surface area (Å²) in [6.45, 7) is 7.80. The SMILES string of the molecule is CCN1CCC[C@@H](CN(C)Cc2cc(-c3cccnc3)no2)C1. The number of hydrogen-bond acceptors (Lipinski definition) is 5. The molecule has 5 heteroatoms. The monoisotopic (exact) mass is 314 g/mol. The molecule has 5 nitrogen and oxygen atoms in total. The molecule has 0 unspecified atom stereocenters. The molecular formula is C18H26N4O. The van der Waals surface area contributed by atoms with Crippen LogP contribution in [-0.2, 0) is 6.54 Å². The van der Waals surface area contributed by atoms with Crippen LogP contribution < -0.4 is 0 Å². The van der Waals surface area contributed by atoms with Crippen molar-refractivity contribution in [1.82, 2.24) is 19.9 Å². The van der Waals surface area contributed by atoms with Gasteiger partial charge in [0.1, 0.15) is 5.69 Å². The van der Waals surface area contributed by atoms with Crippen LogP contribution in [0.4, 0.5) is 0 Å². The van der Waals surface area contributed by atoms with Gasteiger partial charge in [-0.25, -0.2) is 0 Å². The fourth-order valence-electron chi connectivity index (χ4n) is 3.40. The van der Waals surface area contributed by atoms with Crippen molar-refractivity contribution in [1.29, 1.82) is 0 Å². The molecule has 3 heterocycles. The first-order chi connectivity index (χ1) is 11.2. The zero-order valence-corrected chi connectivity index (χ0v) is 14.1. The van der Waals surface area contributed by atoms with E-state index in [0.29, 0.717) is 0 Å². The lowest BCUT2D eigenvalue weighted by molar-refractivity contribution is 0.141. The van der Waals surface area contributed by atoms with Gasteiger partial charge >= 0.3 is 0 Å². The second-order valence-corrected chi connectivity index (χ2v) is 6.52. The number of pyridine rings is 1. The molecule has 0 bridgehead atoms. The lowest BCUT2D eigenvalue weighted by atomic mass is 9.97. The van der Waals surface area contributed by atoms with E-state index in [0.717, 1.165) is 42.6 Å². The van der Waals surface area contributed by atoms with Crippen molar-refractivity contribution < 1.29 is 4.52 Å². The molecule has 1 aliphatic heterocycles. The Hall–Kier alpha value is -1.72. The van der Waals surface area contributed by atoms with Crippen molar-refractivity contribution in [2.75, 3.05) is 33.2 Å². The van der Waals surface area contributed by atoms with Crippen molar-refractivity contribution >= 4 is 0 Å². The topological polar surface area (TPSA) is 45.4 Å². The van der Waals surface area contributed by atoms with Crippen LogP contribution in [-0.4, -0.2) is 53.2 Å². The van der Waals surface area contributed by atoms with E-state index in [9.17, 15) is 0 Å². The predicted molar refractivity (Wildman–Crippen MR) is 90.9 cm³/mol. The molecule has 3 rings (SSSR count).